The predicted molar refractivity (Wildman–Crippen MR) is 132 cm³/mol. The number of unbranched alkanes of at least 4 members (excludes halogenated alkanes) is 2. The van der Waals surface area contributed by atoms with Crippen molar-refractivity contribution in [3.05, 3.63) is 82.4 Å². The second-order valence-electron chi connectivity index (χ2n) is 8.90. The molecule has 3 aromatic rings. The second kappa shape index (κ2) is 11.4. The maximum atomic E-state index is 12.3. The third-order valence-corrected chi connectivity index (χ3v) is 6.38. The van der Waals surface area contributed by atoms with Crippen molar-refractivity contribution < 1.29 is 14.6 Å². The fourth-order valence-corrected chi connectivity index (χ4v) is 4.22. The van der Waals surface area contributed by atoms with E-state index in [-0.39, 0.29) is 0 Å². The molecular formula is C27H33ClN2O3. The third-order valence-electron chi connectivity index (χ3n) is 6.03. The molecule has 6 heteroatoms. The van der Waals surface area contributed by atoms with Crippen LogP contribution in [0.1, 0.15) is 55.8 Å². The van der Waals surface area contributed by atoms with Gasteiger partial charge < -0.3 is 14.4 Å². The SMILES string of the molecule is CCCCCOc1ccc(Cn2c(CC(C)(Cc3ccccc3)C(=O)O)cnc2C)c(Cl)c1. The summed E-state index contributed by atoms with van der Waals surface area (Å²) in [5, 5.41) is 10.7. The Labute approximate surface area is 201 Å². The summed E-state index contributed by atoms with van der Waals surface area (Å²) in [6.07, 6.45) is 5.92. The van der Waals surface area contributed by atoms with Crippen LogP contribution in [-0.4, -0.2) is 27.2 Å². The van der Waals surface area contributed by atoms with Gasteiger partial charge in [0.2, 0.25) is 0 Å². The van der Waals surface area contributed by atoms with E-state index in [1.807, 2.05) is 55.5 Å². The van der Waals surface area contributed by atoms with Crippen LogP contribution in [0, 0.1) is 12.3 Å². The molecule has 0 saturated carbocycles. The number of nitrogens with zero attached hydrogens (tertiary/aromatic N) is 2. The number of aliphatic carboxylic acids is 1. The first-order chi connectivity index (χ1) is 15.8. The summed E-state index contributed by atoms with van der Waals surface area (Å²) < 4.78 is 7.86. The van der Waals surface area contributed by atoms with Crippen LogP contribution in [-0.2, 0) is 24.2 Å². The van der Waals surface area contributed by atoms with Crippen molar-refractivity contribution >= 4 is 17.6 Å². The van der Waals surface area contributed by atoms with Crippen LogP contribution in [0.15, 0.2) is 54.7 Å². The Morgan fingerprint density at radius 3 is 2.58 bits per heavy atom. The molecule has 1 atom stereocenters. The Morgan fingerprint density at radius 2 is 1.91 bits per heavy atom. The van der Waals surface area contributed by atoms with Crippen molar-refractivity contribution in [2.45, 2.75) is 59.4 Å². The van der Waals surface area contributed by atoms with Crippen LogP contribution in [0.2, 0.25) is 5.02 Å². The lowest BCUT2D eigenvalue weighted by Gasteiger charge is -2.26. The number of aromatic nitrogens is 2. The molecule has 0 bridgehead atoms. The van der Waals surface area contributed by atoms with Crippen molar-refractivity contribution in [1.82, 2.24) is 9.55 Å². The van der Waals surface area contributed by atoms with E-state index in [0.29, 0.717) is 31.0 Å². The maximum absolute atomic E-state index is 12.3. The fourth-order valence-electron chi connectivity index (χ4n) is 3.99. The first-order valence-corrected chi connectivity index (χ1v) is 11.9. The highest BCUT2D eigenvalue weighted by molar-refractivity contribution is 6.31. The molecule has 3 rings (SSSR count). The molecule has 176 valence electrons. The molecule has 1 aromatic heterocycles. The zero-order valence-electron chi connectivity index (χ0n) is 19.7. The summed E-state index contributed by atoms with van der Waals surface area (Å²) in [4.78, 5) is 16.7. The van der Waals surface area contributed by atoms with Gasteiger partial charge in [-0.2, -0.15) is 0 Å². The van der Waals surface area contributed by atoms with Crippen molar-refractivity contribution in [1.29, 1.82) is 0 Å². The maximum Gasteiger partial charge on any atom is 0.310 e. The summed E-state index contributed by atoms with van der Waals surface area (Å²) in [6.45, 7) is 7.10. The normalized spacial score (nSPS) is 13.0. The van der Waals surface area contributed by atoms with Gasteiger partial charge in [0.1, 0.15) is 11.6 Å². The molecule has 1 heterocycles. The number of benzene rings is 2. The van der Waals surface area contributed by atoms with Crippen molar-refractivity contribution in [3.63, 3.8) is 0 Å². The van der Waals surface area contributed by atoms with E-state index in [9.17, 15) is 9.90 Å². The van der Waals surface area contributed by atoms with Crippen LogP contribution < -0.4 is 4.74 Å². The number of carboxylic acid groups (broad SMARTS) is 1. The minimum atomic E-state index is -0.953. The lowest BCUT2D eigenvalue weighted by atomic mass is 9.79. The first kappa shape index (κ1) is 24.8. The molecule has 0 saturated heterocycles. The van der Waals surface area contributed by atoms with Gasteiger partial charge in [-0.15, -0.1) is 0 Å². The Kier molecular flexibility index (Phi) is 8.56. The number of hydrogen-bond acceptors (Lipinski definition) is 3. The van der Waals surface area contributed by atoms with Gasteiger partial charge in [0.25, 0.3) is 0 Å². The average molecular weight is 469 g/mol. The largest absolute Gasteiger partial charge is 0.494 e. The number of imidazole rings is 1. The lowest BCUT2D eigenvalue weighted by Crippen LogP contribution is -2.33. The zero-order valence-corrected chi connectivity index (χ0v) is 20.4. The molecule has 0 spiro atoms. The summed E-state index contributed by atoms with van der Waals surface area (Å²) in [5.41, 5.74) is 1.87. The lowest BCUT2D eigenvalue weighted by molar-refractivity contribution is -0.147. The number of ether oxygens (including phenoxy) is 1. The minimum Gasteiger partial charge on any atom is -0.494 e. The smallest absolute Gasteiger partial charge is 0.310 e. The van der Waals surface area contributed by atoms with Gasteiger partial charge in [0, 0.05) is 23.3 Å². The number of aryl methyl sites for hydroxylation is 1. The summed E-state index contributed by atoms with van der Waals surface area (Å²) in [6, 6.07) is 15.5. The van der Waals surface area contributed by atoms with E-state index in [2.05, 4.69) is 16.5 Å². The van der Waals surface area contributed by atoms with Gasteiger partial charge in [-0.3, -0.25) is 4.79 Å². The van der Waals surface area contributed by atoms with Gasteiger partial charge in [-0.05, 0) is 49.9 Å². The predicted octanol–water partition coefficient (Wildman–Crippen LogP) is 6.34. The molecule has 33 heavy (non-hydrogen) atoms. The molecule has 0 aliphatic heterocycles. The summed E-state index contributed by atoms with van der Waals surface area (Å²) in [5.74, 6) is 0.775. The average Bonchev–Trinajstić information content (AvgIpc) is 3.12. The number of halogens is 1. The van der Waals surface area contributed by atoms with Gasteiger partial charge in [0.05, 0.1) is 18.6 Å². The highest BCUT2D eigenvalue weighted by Crippen LogP contribution is 2.30. The van der Waals surface area contributed by atoms with Gasteiger partial charge in [0.15, 0.2) is 0 Å². The zero-order chi connectivity index (χ0) is 23.8. The molecule has 0 aliphatic rings. The van der Waals surface area contributed by atoms with E-state index in [4.69, 9.17) is 16.3 Å². The third kappa shape index (κ3) is 6.61. The van der Waals surface area contributed by atoms with Crippen LogP contribution >= 0.6 is 11.6 Å². The Hall–Kier alpha value is -2.79. The van der Waals surface area contributed by atoms with Crippen molar-refractivity contribution in [2.75, 3.05) is 6.61 Å². The van der Waals surface area contributed by atoms with E-state index in [1.165, 1.54) is 0 Å². The van der Waals surface area contributed by atoms with Crippen LogP contribution in [0.25, 0.3) is 0 Å². The van der Waals surface area contributed by atoms with Gasteiger partial charge in [-0.25, -0.2) is 4.98 Å². The molecule has 0 amide bonds. The molecule has 1 N–H and O–H groups in total. The Morgan fingerprint density at radius 1 is 1.15 bits per heavy atom. The molecule has 0 radical (unpaired) electrons. The molecular weight excluding hydrogens is 436 g/mol. The minimum absolute atomic E-state index is 0.369. The number of carboxylic acids is 1. The number of rotatable bonds is 12. The highest BCUT2D eigenvalue weighted by atomic mass is 35.5. The fraction of sp³-hybridized carbons (Fsp3) is 0.407. The Bertz CT molecular complexity index is 1060. The molecule has 2 aromatic carbocycles. The molecule has 0 fully saturated rings. The number of carbonyl (C=O) groups is 1. The second-order valence-corrected chi connectivity index (χ2v) is 9.30. The number of hydrogen-bond donors (Lipinski definition) is 1. The van der Waals surface area contributed by atoms with E-state index in [1.54, 1.807) is 13.1 Å². The monoisotopic (exact) mass is 468 g/mol. The van der Waals surface area contributed by atoms with Crippen LogP contribution in [0.4, 0.5) is 0 Å². The molecule has 5 nitrogen and oxygen atoms in total. The topological polar surface area (TPSA) is 64.3 Å². The highest BCUT2D eigenvalue weighted by Gasteiger charge is 2.35. The van der Waals surface area contributed by atoms with Crippen molar-refractivity contribution in [3.8, 4) is 5.75 Å². The summed E-state index contributed by atoms with van der Waals surface area (Å²) in [7, 11) is 0. The molecule has 0 aliphatic carbocycles. The standard InChI is InChI=1S/C27H33ClN2O3/c1-4-5-9-14-33-24-13-12-22(25(28)15-24)19-30-20(2)29-18-23(30)17-27(3,26(31)32)16-21-10-7-6-8-11-21/h6-8,10-13,15,18H,4-5,9,14,16-17,19H2,1-3H3,(H,31,32). The van der Waals surface area contributed by atoms with E-state index >= 15 is 0 Å². The van der Waals surface area contributed by atoms with Crippen LogP contribution in [0.3, 0.4) is 0 Å². The Balaban J connectivity index is 1.77. The van der Waals surface area contributed by atoms with E-state index < -0.39 is 11.4 Å². The van der Waals surface area contributed by atoms with E-state index in [0.717, 1.165) is 47.7 Å². The molecule has 1 unspecified atom stereocenters. The van der Waals surface area contributed by atoms with Gasteiger partial charge in [-0.1, -0.05) is 67.8 Å². The summed E-state index contributed by atoms with van der Waals surface area (Å²) >= 11 is 6.57. The quantitative estimate of drug-likeness (QED) is 0.315. The van der Waals surface area contributed by atoms with Crippen LogP contribution in [0.5, 0.6) is 5.75 Å². The van der Waals surface area contributed by atoms with Gasteiger partial charge >= 0.3 is 5.97 Å². The first-order valence-electron chi connectivity index (χ1n) is 11.5. The van der Waals surface area contributed by atoms with Crippen molar-refractivity contribution in [2.24, 2.45) is 5.41 Å².